The van der Waals surface area contributed by atoms with E-state index >= 15 is 0 Å². The summed E-state index contributed by atoms with van der Waals surface area (Å²) in [6.45, 7) is 5.02. The van der Waals surface area contributed by atoms with Crippen molar-refractivity contribution in [3.05, 3.63) is 10.1 Å². The first-order valence-corrected chi connectivity index (χ1v) is 4.05. The Kier molecular flexibility index (Phi) is 4.68. The molecular formula is C7H14N2O5. The molecule has 7 heteroatoms. The number of nitrogens with zero attached hydrogens (tertiary/aromatic N) is 1. The van der Waals surface area contributed by atoms with E-state index in [1.54, 1.807) is 20.8 Å². The maximum atomic E-state index is 10.9. The fraction of sp³-hybridized carbons (Fsp3) is 0.857. The smallest absolute Gasteiger partial charge is 0.407 e. The van der Waals surface area contributed by atoms with Crippen LogP contribution in [0.3, 0.4) is 0 Å². The lowest BCUT2D eigenvalue weighted by atomic mass is 10.2. The average molecular weight is 206 g/mol. The second-order valence-electron chi connectivity index (χ2n) is 3.49. The van der Waals surface area contributed by atoms with Gasteiger partial charge in [0.25, 0.3) is 5.09 Å². The third-order valence-corrected chi connectivity index (χ3v) is 0.967. The van der Waals surface area contributed by atoms with Crippen LogP contribution in [0.15, 0.2) is 0 Å². The number of hydrogen-bond acceptors (Lipinski definition) is 5. The highest BCUT2D eigenvalue weighted by Gasteiger charge is 2.15. The van der Waals surface area contributed by atoms with Crippen molar-refractivity contribution >= 4 is 6.09 Å². The Morgan fingerprint density at radius 3 is 2.50 bits per heavy atom. The van der Waals surface area contributed by atoms with Gasteiger partial charge in [0.1, 0.15) is 12.2 Å². The van der Waals surface area contributed by atoms with Crippen molar-refractivity contribution in [1.29, 1.82) is 0 Å². The van der Waals surface area contributed by atoms with Crippen LogP contribution in [0.1, 0.15) is 20.8 Å². The number of carbonyl (C=O) groups excluding carboxylic acids is 1. The zero-order chi connectivity index (χ0) is 11.2. The number of rotatable bonds is 4. The average Bonchev–Trinajstić information content (AvgIpc) is 1.94. The molecule has 0 heterocycles. The minimum Gasteiger partial charge on any atom is -0.444 e. The van der Waals surface area contributed by atoms with Crippen LogP contribution in [0, 0.1) is 10.1 Å². The molecule has 0 aromatic heterocycles. The Morgan fingerprint density at radius 2 is 2.07 bits per heavy atom. The summed E-state index contributed by atoms with van der Waals surface area (Å²) in [4.78, 5) is 24.6. The molecule has 0 spiro atoms. The highest BCUT2D eigenvalue weighted by molar-refractivity contribution is 5.67. The summed E-state index contributed by atoms with van der Waals surface area (Å²) in [6, 6.07) is 0. The van der Waals surface area contributed by atoms with Crippen molar-refractivity contribution in [3.8, 4) is 0 Å². The van der Waals surface area contributed by atoms with E-state index < -0.39 is 16.8 Å². The first-order chi connectivity index (χ1) is 6.31. The SMILES string of the molecule is CC(C)(C)OC(=O)NCCO[N+](=O)[O-]. The summed E-state index contributed by atoms with van der Waals surface area (Å²) in [5.41, 5.74) is -0.575. The van der Waals surface area contributed by atoms with Gasteiger partial charge in [-0.25, -0.2) is 4.79 Å². The Morgan fingerprint density at radius 1 is 1.50 bits per heavy atom. The van der Waals surface area contributed by atoms with Gasteiger partial charge in [-0.05, 0) is 20.8 Å². The van der Waals surface area contributed by atoms with Crippen LogP contribution in [0.5, 0.6) is 0 Å². The van der Waals surface area contributed by atoms with E-state index in [9.17, 15) is 14.9 Å². The molecule has 0 aliphatic carbocycles. The van der Waals surface area contributed by atoms with E-state index in [0.29, 0.717) is 0 Å². The number of hydrogen-bond donors (Lipinski definition) is 1. The Labute approximate surface area is 81.5 Å². The number of ether oxygens (including phenoxy) is 1. The maximum absolute atomic E-state index is 10.9. The van der Waals surface area contributed by atoms with Gasteiger partial charge in [0, 0.05) is 6.54 Å². The maximum Gasteiger partial charge on any atom is 0.407 e. The van der Waals surface area contributed by atoms with Gasteiger partial charge in [-0.3, -0.25) is 0 Å². The van der Waals surface area contributed by atoms with Crippen LogP contribution in [0.4, 0.5) is 4.79 Å². The monoisotopic (exact) mass is 206 g/mol. The van der Waals surface area contributed by atoms with Crippen molar-refractivity contribution in [2.24, 2.45) is 0 Å². The first kappa shape index (κ1) is 12.5. The van der Waals surface area contributed by atoms with Gasteiger partial charge in [-0.2, -0.15) is 0 Å². The van der Waals surface area contributed by atoms with Crippen LogP contribution in [0.25, 0.3) is 0 Å². The number of nitrogens with one attached hydrogen (secondary N) is 1. The largest absolute Gasteiger partial charge is 0.444 e. The van der Waals surface area contributed by atoms with Crippen LogP contribution in [-0.4, -0.2) is 29.9 Å². The van der Waals surface area contributed by atoms with Gasteiger partial charge in [0.05, 0.1) is 0 Å². The molecule has 1 amide bonds. The second kappa shape index (κ2) is 5.25. The molecule has 14 heavy (non-hydrogen) atoms. The van der Waals surface area contributed by atoms with Gasteiger partial charge < -0.3 is 14.9 Å². The molecular weight excluding hydrogens is 192 g/mol. The lowest BCUT2D eigenvalue weighted by Crippen LogP contribution is -2.34. The molecule has 0 aliphatic rings. The van der Waals surface area contributed by atoms with E-state index in [-0.39, 0.29) is 13.2 Å². The molecule has 0 fully saturated rings. The van der Waals surface area contributed by atoms with Gasteiger partial charge in [0.2, 0.25) is 0 Å². The van der Waals surface area contributed by atoms with Gasteiger partial charge in [-0.15, -0.1) is 10.1 Å². The fourth-order valence-corrected chi connectivity index (χ4v) is 0.587. The van der Waals surface area contributed by atoms with Crippen molar-refractivity contribution in [3.63, 3.8) is 0 Å². The quantitative estimate of drug-likeness (QED) is 0.415. The highest BCUT2D eigenvalue weighted by atomic mass is 16.9. The Bertz CT molecular complexity index is 211. The molecule has 0 radical (unpaired) electrons. The standard InChI is InChI=1S/C7H14N2O5/c1-7(2,3)14-6(10)8-4-5-13-9(11)12/h4-5H2,1-3H3,(H,8,10). The van der Waals surface area contributed by atoms with E-state index in [2.05, 4.69) is 10.2 Å². The van der Waals surface area contributed by atoms with Crippen molar-refractivity contribution in [2.45, 2.75) is 26.4 Å². The lowest BCUT2D eigenvalue weighted by Gasteiger charge is -2.19. The number of carbonyl (C=O) groups is 1. The summed E-state index contributed by atoms with van der Waals surface area (Å²) in [5, 5.41) is 11.1. The van der Waals surface area contributed by atoms with E-state index in [1.807, 2.05) is 0 Å². The third kappa shape index (κ3) is 8.57. The van der Waals surface area contributed by atoms with Crippen molar-refractivity contribution in [1.82, 2.24) is 5.32 Å². The molecule has 0 unspecified atom stereocenters. The summed E-state index contributed by atoms with van der Waals surface area (Å²) < 4.78 is 4.87. The van der Waals surface area contributed by atoms with Gasteiger partial charge >= 0.3 is 6.09 Å². The summed E-state index contributed by atoms with van der Waals surface area (Å²) in [6.07, 6.45) is -0.621. The Balaban J connectivity index is 3.50. The normalized spacial score (nSPS) is 10.5. The van der Waals surface area contributed by atoms with Crippen molar-refractivity contribution < 1.29 is 19.5 Å². The molecule has 0 atom stereocenters. The molecule has 0 saturated heterocycles. The highest BCUT2D eigenvalue weighted by Crippen LogP contribution is 2.05. The molecule has 0 saturated carbocycles. The van der Waals surface area contributed by atoms with Crippen LogP contribution in [0.2, 0.25) is 0 Å². The van der Waals surface area contributed by atoms with Crippen LogP contribution < -0.4 is 5.32 Å². The van der Waals surface area contributed by atoms with Gasteiger partial charge in [0.15, 0.2) is 0 Å². The summed E-state index contributed by atoms with van der Waals surface area (Å²) in [5.74, 6) is 0. The molecule has 82 valence electrons. The molecule has 0 aromatic rings. The molecule has 0 aliphatic heterocycles. The third-order valence-electron chi connectivity index (χ3n) is 0.967. The first-order valence-electron chi connectivity index (χ1n) is 4.05. The number of alkyl carbamates (subject to hydrolysis) is 1. The predicted octanol–water partition coefficient (Wildman–Crippen LogP) is 0.719. The lowest BCUT2D eigenvalue weighted by molar-refractivity contribution is -0.757. The van der Waals surface area contributed by atoms with Gasteiger partial charge in [-0.1, -0.05) is 0 Å². The predicted molar refractivity (Wildman–Crippen MR) is 47.2 cm³/mol. The molecule has 0 bridgehead atoms. The van der Waals surface area contributed by atoms with E-state index in [1.165, 1.54) is 0 Å². The van der Waals surface area contributed by atoms with E-state index in [0.717, 1.165) is 0 Å². The minimum atomic E-state index is -0.920. The van der Waals surface area contributed by atoms with Crippen LogP contribution >= 0.6 is 0 Å². The zero-order valence-electron chi connectivity index (χ0n) is 8.40. The molecule has 1 N–H and O–H groups in total. The van der Waals surface area contributed by atoms with Crippen molar-refractivity contribution in [2.75, 3.05) is 13.2 Å². The van der Waals surface area contributed by atoms with Crippen LogP contribution in [-0.2, 0) is 9.57 Å². The molecule has 0 aromatic carbocycles. The summed E-state index contributed by atoms with van der Waals surface area (Å²) in [7, 11) is 0. The second-order valence-corrected chi connectivity index (χ2v) is 3.49. The van der Waals surface area contributed by atoms with E-state index in [4.69, 9.17) is 4.74 Å². The fourth-order valence-electron chi connectivity index (χ4n) is 0.587. The number of amides is 1. The molecule has 7 nitrogen and oxygen atoms in total. The molecule has 0 rings (SSSR count). The zero-order valence-corrected chi connectivity index (χ0v) is 8.40. The summed E-state index contributed by atoms with van der Waals surface area (Å²) >= 11 is 0. The topological polar surface area (TPSA) is 90.7 Å². The minimum absolute atomic E-state index is 0.0376. The Hall–Kier alpha value is -1.53.